The van der Waals surface area contributed by atoms with E-state index in [-0.39, 0.29) is 0 Å². The predicted octanol–water partition coefficient (Wildman–Crippen LogP) is 2.83. The number of aromatic nitrogens is 2. The molecule has 4 heteroatoms. The Kier molecular flexibility index (Phi) is 3.43. The van der Waals surface area contributed by atoms with Gasteiger partial charge in [0, 0.05) is 18.4 Å². The van der Waals surface area contributed by atoms with Gasteiger partial charge in [0.15, 0.2) is 0 Å². The Hall–Kier alpha value is -1.42. The van der Waals surface area contributed by atoms with Gasteiger partial charge in [0.25, 0.3) is 0 Å². The molecule has 0 aliphatic carbocycles. The molecular weight excluding hydrogens is 232 g/mol. The molecule has 0 atom stereocenters. The molecule has 2 rings (SSSR count). The maximum absolute atomic E-state index is 5.39. The van der Waals surface area contributed by atoms with Crippen LogP contribution in [0.4, 0.5) is 0 Å². The molecule has 1 aromatic heterocycles. The van der Waals surface area contributed by atoms with Crippen LogP contribution in [-0.4, -0.2) is 16.9 Å². The van der Waals surface area contributed by atoms with Crippen molar-refractivity contribution in [2.24, 2.45) is 7.05 Å². The van der Waals surface area contributed by atoms with E-state index in [1.54, 1.807) is 7.11 Å². The van der Waals surface area contributed by atoms with Gasteiger partial charge in [-0.05, 0) is 25.1 Å². The second kappa shape index (κ2) is 4.84. The monoisotopic (exact) mass is 248 g/mol. The third kappa shape index (κ3) is 2.31. The number of aryl methyl sites for hydroxylation is 2. The lowest BCUT2D eigenvalue weighted by molar-refractivity contribution is 0.416. The first-order valence-corrected chi connectivity index (χ1v) is 6.07. The predicted molar refractivity (Wildman–Crippen MR) is 72.6 cm³/mol. The summed E-state index contributed by atoms with van der Waals surface area (Å²) in [6.07, 6.45) is 0. The molecule has 0 saturated heterocycles. The van der Waals surface area contributed by atoms with E-state index < -0.39 is 0 Å². The van der Waals surface area contributed by atoms with Gasteiger partial charge in [0.1, 0.15) is 5.75 Å². The van der Waals surface area contributed by atoms with Crippen LogP contribution in [0.1, 0.15) is 11.3 Å². The minimum atomic E-state index is 0.641. The van der Waals surface area contributed by atoms with Gasteiger partial charge in [-0.2, -0.15) is 17.7 Å². The lowest BCUT2D eigenvalue weighted by Gasteiger charge is -2.09. The summed E-state index contributed by atoms with van der Waals surface area (Å²) in [6, 6.07) is 8.18. The van der Waals surface area contributed by atoms with E-state index in [2.05, 4.69) is 30.7 Å². The first-order chi connectivity index (χ1) is 8.15. The van der Waals surface area contributed by atoms with Gasteiger partial charge < -0.3 is 4.74 Å². The van der Waals surface area contributed by atoms with Crippen molar-refractivity contribution in [2.45, 2.75) is 12.7 Å². The van der Waals surface area contributed by atoms with Crippen LogP contribution in [0, 0.1) is 6.92 Å². The van der Waals surface area contributed by atoms with E-state index in [1.807, 2.05) is 29.9 Å². The van der Waals surface area contributed by atoms with Crippen LogP contribution in [0.15, 0.2) is 24.3 Å². The van der Waals surface area contributed by atoms with Crippen molar-refractivity contribution in [1.29, 1.82) is 0 Å². The van der Waals surface area contributed by atoms with Crippen molar-refractivity contribution in [2.75, 3.05) is 7.11 Å². The molecule has 0 spiro atoms. The molecule has 3 nitrogen and oxygen atoms in total. The van der Waals surface area contributed by atoms with E-state index in [9.17, 15) is 0 Å². The third-order valence-electron chi connectivity index (χ3n) is 2.72. The normalized spacial score (nSPS) is 10.6. The highest BCUT2D eigenvalue weighted by Gasteiger charge is 2.11. The van der Waals surface area contributed by atoms with Crippen molar-refractivity contribution >= 4 is 12.6 Å². The van der Waals surface area contributed by atoms with Crippen molar-refractivity contribution in [1.82, 2.24) is 9.78 Å². The third-order valence-corrected chi connectivity index (χ3v) is 3.05. The lowest BCUT2D eigenvalue weighted by Crippen LogP contribution is -1.96. The molecule has 0 bridgehead atoms. The summed E-state index contributed by atoms with van der Waals surface area (Å²) in [6.45, 7) is 2.07. The fraction of sp³-hybridized carbons (Fsp3) is 0.308. The minimum absolute atomic E-state index is 0.641. The minimum Gasteiger partial charge on any atom is -0.496 e. The quantitative estimate of drug-likeness (QED) is 0.846. The van der Waals surface area contributed by atoms with Gasteiger partial charge in [-0.15, -0.1) is 0 Å². The number of hydrogen-bond acceptors (Lipinski definition) is 3. The number of thiol groups is 1. The van der Waals surface area contributed by atoms with E-state index in [1.165, 1.54) is 5.56 Å². The SMILES string of the molecule is COc1ccc(C)cc1-c1cc(CS)nn1C. The zero-order valence-electron chi connectivity index (χ0n) is 10.3. The molecule has 1 aromatic carbocycles. The molecule has 0 aliphatic rings. The Labute approximate surface area is 107 Å². The van der Waals surface area contributed by atoms with E-state index in [0.717, 1.165) is 22.7 Å². The second-order valence-electron chi connectivity index (χ2n) is 4.01. The smallest absolute Gasteiger partial charge is 0.128 e. The zero-order chi connectivity index (χ0) is 12.4. The fourth-order valence-electron chi connectivity index (χ4n) is 1.88. The summed E-state index contributed by atoms with van der Waals surface area (Å²) in [5.41, 5.74) is 4.29. The maximum atomic E-state index is 5.39. The van der Waals surface area contributed by atoms with Crippen LogP contribution < -0.4 is 4.74 Å². The van der Waals surface area contributed by atoms with Crippen molar-refractivity contribution < 1.29 is 4.74 Å². The second-order valence-corrected chi connectivity index (χ2v) is 4.32. The Morgan fingerprint density at radius 2 is 2.12 bits per heavy atom. The zero-order valence-corrected chi connectivity index (χ0v) is 11.2. The molecule has 1 heterocycles. The number of rotatable bonds is 3. The molecule has 0 unspecified atom stereocenters. The Morgan fingerprint density at radius 1 is 1.35 bits per heavy atom. The van der Waals surface area contributed by atoms with E-state index >= 15 is 0 Å². The van der Waals surface area contributed by atoms with Crippen molar-refractivity contribution in [3.63, 3.8) is 0 Å². The van der Waals surface area contributed by atoms with Crippen molar-refractivity contribution in [3.8, 4) is 17.0 Å². The number of methoxy groups -OCH3 is 1. The van der Waals surface area contributed by atoms with Crippen molar-refractivity contribution in [3.05, 3.63) is 35.5 Å². The van der Waals surface area contributed by atoms with E-state index in [0.29, 0.717) is 5.75 Å². The summed E-state index contributed by atoms with van der Waals surface area (Å²) >= 11 is 4.25. The number of nitrogens with zero attached hydrogens (tertiary/aromatic N) is 2. The van der Waals surface area contributed by atoms with Gasteiger partial charge in [0.05, 0.1) is 18.5 Å². The largest absolute Gasteiger partial charge is 0.496 e. The van der Waals surface area contributed by atoms with Crippen LogP contribution >= 0.6 is 12.6 Å². The topological polar surface area (TPSA) is 27.1 Å². The van der Waals surface area contributed by atoms with Gasteiger partial charge in [-0.25, -0.2) is 0 Å². The van der Waals surface area contributed by atoms with Gasteiger partial charge in [-0.3, -0.25) is 4.68 Å². The Balaban J connectivity index is 2.58. The summed E-state index contributed by atoms with van der Waals surface area (Å²) in [5.74, 6) is 1.51. The highest BCUT2D eigenvalue weighted by molar-refractivity contribution is 7.79. The average molecular weight is 248 g/mol. The lowest BCUT2D eigenvalue weighted by atomic mass is 10.1. The van der Waals surface area contributed by atoms with Crippen LogP contribution in [0.5, 0.6) is 5.75 Å². The summed E-state index contributed by atoms with van der Waals surface area (Å²) < 4.78 is 7.26. The van der Waals surface area contributed by atoms with Crippen LogP contribution in [0.3, 0.4) is 0 Å². The number of hydrogen-bond donors (Lipinski definition) is 1. The van der Waals surface area contributed by atoms with Crippen LogP contribution in [-0.2, 0) is 12.8 Å². The highest BCUT2D eigenvalue weighted by atomic mass is 32.1. The summed E-state index contributed by atoms with van der Waals surface area (Å²) in [7, 11) is 3.62. The first-order valence-electron chi connectivity index (χ1n) is 5.44. The average Bonchev–Trinajstić information content (AvgIpc) is 2.70. The van der Waals surface area contributed by atoms with E-state index in [4.69, 9.17) is 4.74 Å². The standard InChI is InChI=1S/C13H16N2OS/c1-9-4-5-13(16-3)11(6-9)12-7-10(8-17)14-15(12)2/h4-7,17H,8H2,1-3H3. The highest BCUT2D eigenvalue weighted by Crippen LogP contribution is 2.31. The molecule has 0 saturated carbocycles. The Bertz CT molecular complexity index is 534. The summed E-state index contributed by atoms with van der Waals surface area (Å²) in [4.78, 5) is 0. The molecule has 0 radical (unpaired) electrons. The Morgan fingerprint density at radius 3 is 2.71 bits per heavy atom. The molecule has 17 heavy (non-hydrogen) atoms. The van der Waals surface area contributed by atoms with Crippen LogP contribution in [0.2, 0.25) is 0 Å². The first kappa shape index (κ1) is 12.0. The molecule has 90 valence electrons. The molecule has 0 fully saturated rings. The fourth-order valence-corrected chi connectivity index (χ4v) is 2.03. The molecule has 0 aliphatic heterocycles. The molecule has 0 amide bonds. The van der Waals surface area contributed by atoms with Crippen LogP contribution in [0.25, 0.3) is 11.3 Å². The van der Waals surface area contributed by atoms with Gasteiger partial charge in [-0.1, -0.05) is 11.6 Å². The van der Waals surface area contributed by atoms with Gasteiger partial charge in [0.2, 0.25) is 0 Å². The summed E-state index contributed by atoms with van der Waals surface area (Å²) in [5, 5.41) is 4.40. The number of ether oxygens (including phenoxy) is 1. The molecule has 0 N–H and O–H groups in total. The molecular formula is C13H16N2OS. The maximum Gasteiger partial charge on any atom is 0.128 e. The molecule has 2 aromatic rings. The van der Waals surface area contributed by atoms with Gasteiger partial charge >= 0.3 is 0 Å². The number of benzene rings is 1.